The summed E-state index contributed by atoms with van der Waals surface area (Å²) >= 11 is 5.88. The number of nitrogens with two attached hydrogens (primary N) is 1. The van der Waals surface area contributed by atoms with Crippen molar-refractivity contribution in [3.63, 3.8) is 0 Å². The molecule has 100 valence electrons. The molecule has 0 aliphatic carbocycles. The molecule has 0 fully saturated rings. The number of hydrogen-bond donors (Lipinski definition) is 3. The third kappa shape index (κ3) is 3.04. The Kier molecular flexibility index (Phi) is 4.03. The van der Waals surface area contributed by atoms with E-state index in [0.717, 1.165) is 5.69 Å². The number of anilines is 1. The van der Waals surface area contributed by atoms with E-state index in [1.165, 1.54) is 0 Å². The number of benzene rings is 1. The van der Waals surface area contributed by atoms with Gasteiger partial charge in [0.15, 0.2) is 0 Å². The zero-order valence-corrected chi connectivity index (χ0v) is 11.1. The predicted molar refractivity (Wildman–Crippen MR) is 73.6 cm³/mol. The largest absolute Gasteiger partial charge is 0.346 e. The van der Waals surface area contributed by atoms with Crippen molar-refractivity contribution in [1.82, 2.24) is 15.1 Å². The highest BCUT2D eigenvalue weighted by molar-refractivity contribution is 6.31. The van der Waals surface area contributed by atoms with E-state index in [1.807, 2.05) is 13.1 Å². The minimum Gasteiger partial charge on any atom is -0.346 e. The van der Waals surface area contributed by atoms with E-state index in [-0.39, 0.29) is 5.91 Å². The lowest BCUT2D eigenvalue weighted by Crippen LogP contribution is -2.25. The molecule has 1 heterocycles. The molecule has 0 saturated carbocycles. The normalized spacial score (nSPS) is 10.3. The molecular formula is C12H14ClN5O. The van der Waals surface area contributed by atoms with Crippen molar-refractivity contribution >= 4 is 23.2 Å². The van der Waals surface area contributed by atoms with E-state index < -0.39 is 0 Å². The molecule has 1 aromatic carbocycles. The van der Waals surface area contributed by atoms with Gasteiger partial charge in [0.2, 0.25) is 0 Å². The lowest BCUT2D eigenvalue weighted by molar-refractivity contribution is 0.0951. The Morgan fingerprint density at radius 1 is 1.47 bits per heavy atom. The summed E-state index contributed by atoms with van der Waals surface area (Å²) in [5, 5.41) is 7.29. The molecule has 0 aliphatic rings. The molecule has 2 aromatic rings. The first kappa shape index (κ1) is 13.4. The Hall–Kier alpha value is -2.05. The van der Waals surface area contributed by atoms with Gasteiger partial charge in [0.1, 0.15) is 0 Å². The molecule has 19 heavy (non-hydrogen) atoms. The van der Waals surface area contributed by atoms with Gasteiger partial charge >= 0.3 is 0 Å². The molecule has 2 rings (SSSR count). The maximum atomic E-state index is 12.1. The molecule has 0 aliphatic heterocycles. The molecule has 0 atom stereocenters. The predicted octanol–water partition coefficient (Wildman–Crippen LogP) is 1.29. The van der Waals surface area contributed by atoms with Crippen molar-refractivity contribution in [2.75, 3.05) is 5.43 Å². The lowest BCUT2D eigenvalue weighted by Gasteiger charge is -2.10. The van der Waals surface area contributed by atoms with Crippen LogP contribution >= 0.6 is 11.6 Å². The summed E-state index contributed by atoms with van der Waals surface area (Å²) in [4.78, 5) is 12.1. The molecule has 0 unspecified atom stereocenters. The first-order valence-corrected chi connectivity index (χ1v) is 6.01. The van der Waals surface area contributed by atoms with E-state index in [9.17, 15) is 4.79 Å². The number of hydrogen-bond acceptors (Lipinski definition) is 4. The van der Waals surface area contributed by atoms with Gasteiger partial charge in [-0.25, -0.2) is 0 Å². The van der Waals surface area contributed by atoms with Crippen molar-refractivity contribution in [2.24, 2.45) is 12.9 Å². The van der Waals surface area contributed by atoms with Crippen LogP contribution in [0.2, 0.25) is 5.02 Å². The minimum absolute atomic E-state index is 0.253. The van der Waals surface area contributed by atoms with Gasteiger partial charge in [0.25, 0.3) is 5.91 Å². The fraction of sp³-hybridized carbons (Fsp3) is 0.167. The fourth-order valence-electron chi connectivity index (χ4n) is 1.67. The number of nitrogens with zero attached hydrogens (tertiary/aromatic N) is 2. The first-order valence-electron chi connectivity index (χ1n) is 5.63. The van der Waals surface area contributed by atoms with E-state index in [2.05, 4.69) is 15.8 Å². The molecule has 0 radical (unpaired) electrons. The average molecular weight is 280 g/mol. The minimum atomic E-state index is -0.253. The number of amides is 1. The van der Waals surface area contributed by atoms with Crippen LogP contribution in [0.5, 0.6) is 0 Å². The zero-order chi connectivity index (χ0) is 13.8. The van der Waals surface area contributed by atoms with Crippen LogP contribution in [0.1, 0.15) is 16.1 Å². The Morgan fingerprint density at radius 3 is 2.89 bits per heavy atom. The zero-order valence-electron chi connectivity index (χ0n) is 10.4. The van der Waals surface area contributed by atoms with E-state index in [1.54, 1.807) is 29.1 Å². The molecule has 1 amide bonds. The number of rotatable bonds is 4. The van der Waals surface area contributed by atoms with Crippen LogP contribution in [0.4, 0.5) is 5.69 Å². The summed E-state index contributed by atoms with van der Waals surface area (Å²) in [6.07, 6.45) is 1.67. The van der Waals surface area contributed by atoms with Crippen molar-refractivity contribution in [3.05, 3.63) is 46.7 Å². The maximum absolute atomic E-state index is 12.1. The molecule has 0 spiro atoms. The standard InChI is InChI=1S/C12H14ClN5O/c1-18-9(4-5-16-18)7-15-12(19)10-6-8(13)2-3-11(10)17-14/h2-6,17H,7,14H2,1H3,(H,15,19). The molecule has 7 heteroatoms. The number of carbonyl (C=O) groups is 1. The van der Waals surface area contributed by atoms with Gasteiger partial charge < -0.3 is 10.7 Å². The van der Waals surface area contributed by atoms with Crippen molar-refractivity contribution in [1.29, 1.82) is 0 Å². The molecule has 0 saturated heterocycles. The van der Waals surface area contributed by atoms with Gasteiger partial charge in [-0.15, -0.1) is 0 Å². The van der Waals surface area contributed by atoms with Gasteiger partial charge in [0, 0.05) is 18.3 Å². The van der Waals surface area contributed by atoms with Crippen molar-refractivity contribution < 1.29 is 4.79 Å². The maximum Gasteiger partial charge on any atom is 0.253 e. The quantitative estimate of drug-likeness (QED) is 0.581. The Balaban J connectivity index is 2.12. The van der Waals surface area contributed by atoms with Crippen LogP contribution in [0, 0.1) is 0 Å². The molecule has 0 bridgehead atoms. The third-order valence-corrected chi connectivity index (χ3v) is 2.97. The van der Waals surface area contributed by atoms with Crippen molar-refractivity contribution in [3.8, 4) is 0 Å². The SMILES string of the molecule is Cn1nccc1CNC(=O)c1cc(Cl)ccc1NN. The summed E-state index contributed by atoms with van der Waals surface area (Å²) in [6, 6.07) is 6.71. The Labute approximate surface area is 115 Å². The lowest BCUT2D eigenvalue weighted by atomic mass is 10.1. The average Bonchev–Trinajstić information content (AvgIpc) is 2.81. The number of hydrazine groups is 1. The fourth-order valence-corrected chi connectivity index (χ4v) is 1.84. The summed E-state index contributed by atoms with van der Waals surface area (Å²) in [5.74, 6) is 5.11. The molecule has 6 nitrogen and oxygen atoms in total. The van der Waals surface area contributed by atoms with E-state index in [4.69, 9.17) is 17.4 Å². The molecule has 1 aromatic heterocycles. The van der Waals surface area contributed by atoms with Crippen LogP contribution in [-0.4, -0.2) is 15.7 Å². The van der Waals surface area contributed by atoms with Gasteiger partial charge in [-0.05, 0) is 24.3 Å². The number of aryl methyl sites for hydroxylation is 1. The number of halogens is 1. The Morgan fingerprint density at radius 2 is 2.26 bits per heavy atom. The van der Waals surface area contributed by atoms with Gasteiger partial charge in [-0.1, -0.05) is 11.6 Å². The molecule has 4 N–H and O–H groups in total. The highest BCUT2D eigenvalue weighted by Gasteiger charge is 2.12. The summed E-state index contributed by atoms with van der Waals surface area (Å²) in [7, 11) is 1.81. The van der Waals surface area contributed by atoms with Crippen LogP contribution in [0.3, 0.4) is 0 Å². The highest BCUT2D eigenvalue weighted by Crippen LogP contribution is 2.19. The second-order valence-electron chi connectivity index (χ2n) is 3.96. The highest BCUT2D eigenvalue weighted by atomic mass is 35.5. The van der Waals surface area contributed by atoms with Crippen LogP contribution in [-0.2, 0) is 13.6 Å². The molecular weight excluding hydrogens is 266 g/mol. The first-order chi connectivity index (χ1) is 9.11. The summed E-state index contributed by atoms with van der Waals surface area (Å²) < 4.78 is 1.69. The second-order valence-corrected chi connectivity index (χ2v) is 4.40. The van der Waals surface area contributed by atoms with Gasteiger partial charge in [-0.3, -0.25) is 15.3 Å². The third-order valence-electron chi connectivity index (χ3n) is 2.73. The number of nitrogen functional groups attached to an aromatic ring is 1. The summed E-state index contributed by atoms with van der Waals surface area (Å²) in [5.41, 5.74) is 4.29. The van der Waals surface area contributed by atoms with E-state index in [0.29, 0.717) is 22.8 Å². The summed E-state index contributed by atoms with van der Waals surface area (Å²) in [6.45, 7) is 0.381. The van der Waals surface area contributed by atoms with E-state index >= 15 is 0 Å². The smallest absolute Gasteiger partial charge is 0.253 e. The van der Waals surface area contributed by atoms with Gasteiger partial charge in [0.05, 0.1) is 23.5 Å². The number of carbonyl (C=O) groups excluding carboxylic acids is 1. The second kappa shape index (κ2) is 5.73. The topological polar surface area (TPSA) is 85.0 Å². The monoisotopic (exact) mass is 279 g/mol. The van der Waals surface area contributed by atoms with Gasteiger partial charge in [-0.2, -0.15) is 5.10 Å². The Bertz CT molecular complexity index is 596. The number of aromatic nitrogens is 2. The van der Waals surface area contributed by atoms with Crippen LogP contribution < -0.4 is 16.6 Å². The van der Waals surface area contributed by atoms with Crippen LogP contribution in [0.25, 0.3) is 0 Å². The van der Waals surface area contributed by atoms with Crippen molar-refractivity contribution in [2.45, 2.75) is 6.54 Å². The van der Waals surface area contributed by atoms with Crippen LogP contribution in [0.15, 0.2) is 30.5 Å². The number of nitrogens with one attached hydrogen (secondary N) is 2.